The number of thiazole rings is 1. The normalized spacial score (nSPS) is 12.8. The molecule has 0 bridgehead atoms. The molecular weight excluding hydrogens is 174 g/mol. The van der Waals surface area contributed by atoms with Crippen molar-refractivity contribution in [2.45, 2.75) is 13.0 Å². The van der Waals surface area contributed by atoms with Crippen LogP contribution < -0.4 is 5.32 Å². The van der Waals surface area contributed by atoms with E-state index in [9.17, 15) is 4.79 Å². The Hall–Kier alpha value is -1.41. The van der Waals surface area contributed by atoms with Gasteiger partial charge in [0.25, 0.3) is 0 Å². The molecule has 0 aliphatic carbocycles. The molecule has 1 N–H and O–H groups in total. The Morgan fingerprint density at radius 1 is 2.08 bits per heavy atom. The largest absolute Gasteiger partial charge is 0.351 e. The summed E-state index contributed by atoms with van der Waals surface area (Å²) in [4.78, 5) is 14.3. The average molecular weight is 182 g/mol. The Balaban J connectivity index is 2.72. The topological polar surface area (TPSA) is 65.8 Å². The van der Waals surface area contributed by atoms with Crippen LogP contribution in [0.3, 0.4) is 0 Å². The summed E-state index contributed by atoms with van der Waals surface area (Å²) in [6, 6.07) is 1.59. The van der Waals surface area contributed by atoms with Crippen LogP contribution in [0.1, 0.15) is 25.0 Å². The predicted molar refractivity (Wildman–Crippen MR) is 44.4 cm³/mol. The van der Waals surface area contributed by atoms with Crippen LogP contribution in [0.5, 0.6) is 0 Å². The van der Waals surface area contributed by atoms with Crippen molar-refractivity contribution in [3.05, 3.63) is 16.1 Å². The van der Waals surface area contributed by atoms with Crippen LogP contribution in [0.2, 0.25) is 0 Å². The second kappa shape index (κ2) is 3.83. The summed E-state index contributed by atoms with van der Waals surface area (Å²) in [5.41, 5.74) is 0.613. The molecule has 4 nitrogen and oxygen atoms in total. The lowest BCUT2D eigenvalue weighted by Gasteiger charge is -2.04. The maximum Gasteiger partial charge on any atom is 0.207 e. The first kappa shape index (κ1) is 7.25. The monoisotopic (exact) mass is 182 g/mol. The molecule has 0 saturated heterocycles. The van der Waals surface area contributed by atoms with Crippen molar-refractivity contribution >= 4 is 17.7 Å². The lowest BCUT2D eigenvalue weighted by atomic mass is 10.3. The first-order valence-electron chi connectivity index (χ1n) is 3.76. The van der Waals surface area contributed by atoms with E-state index in [1.54, 1.807) is 12.3 Å². The number of hydrogen-bond acceptors (Lipinski definition) is 4. The van der Waals surface area contributed by atoms with Gasteiger partial charge >= 0.3 is 0 Å². The summed E-state index contributed by atoms with van der Waals surface area (Å²) >= 11 is 1.22. The number of nitrogens with one attached hydrogen (secondary N) is 1. The highest BCUT2D eigenvalue weighted by Gasteiger charge is 2.07. The van der Waals surface area contributed by atoms with Gasteiger partial charge in [0.05, 0.1) is 11.7 Å². The quantitative estimate of drug-likeness (QED) is 0.688. The van der Waals surface area contributed by atoms with Crippen molar-refractivity contribution in [1.29, 1.82) is 5.26 Å². The lowest BCUT2D eigenvalue weighted by Crippen LogP contribution is -2.16. The first-order chi connectivity index (χ1) is 6.13. The number of aromatic nitrogens is 1. The number of rotatable bonds is 2. The van der Waals surface area contributed by atoms with Crippen LogP contribution in [-0.2, 0) is 4.79 Å². The number of amides is 1. The number of carbonyl (C=O) groups is 1. The smallest absolute Gasteiger partial charge is 0.207 e. The Morgan fingerprint density at radius 3 is 3.33 bits per heavy atom. The zero-order valence-electron chi connectivity index (χ0n) is 7.37. The fourth-order valence-electron chi connectivity index (χ4n) is 0.699. The third-order valence-corrected chi connectivity index (χ3v) is 2.10. The molecule has 1 unspecified atom stereocenters. The van der Waals surface area contributed by atoms with Gasteiger partial charge in [0.2, 0.25) is 6.39 Å². The summed E-state index contributed by atoms with van der Waals surface area (Å²) < 4.78 is 6.67. The predicted octanol–water partition coefficient (Wildman–Crippen LogP) is 0.822. The van der Waals surface area contributed by atoms with Gasteiger partial charge in [-0.2, -0.15) is 5.26 Å². The Bertz CT molecular complexity index is 357. The molecule has 1 aromatic heterocycles. The zero-order chi connectivity index (χ0) is 9.84. The molecule has 1 atom stereocenters. The van der Waals surface area contributed by atoms with Crippen LogP contribution in [0.25, 0.3) is 0 Å². The summed E-state index contributed by atoms with van der Waals surface area (Å²) in [6.07, 6.45) is -0.848. The van der Waals surface area contributed by atoms with E-state index in [1.165, 1.54) is 11.3 Å². The third-order valence-electron chi connectivity index (χ3n) is 1.34. The first-order valence-corrected chi connectivity index (χ1v) is 4.14. The Labute approximate surface area is 75.3 Å². The van der Waals surface area contributed by atoms with Crippen LogP contribution >= 0.6 is 11.3 Å². The SMILES string of the molecule is [2H]C(=O)NC(C)c1csc(C#N)n1. The molecule has 0 saturated carbocycles. The molecule has 0 radical (unpaired) electrons. The highest BCUT2D eigenvalue weighted by Crippen LogP contribution is 2.14. The molecule has 0 aromatic carbocycles. The van der Waals surface area contributed by atoms with Gasteiger partial charge in [0, 0.05) is 5.38 Å². The molecule has 1 heterocycles. The van der Waals surface area contributed by atoms with Crippen LogP contribution in [0.15, 0.2) is 5.38 Å². The van der Waals surface area contributed by atoms with E-state index >= 15 is 0 Å². The van der Waals surface area contributed by atoms with Crippen molar-refractivity contribution in [1.82, 2.24) is 10.3 Å². The highest BCUT2D eigenvalue weighted by molar-refractivity contribution is 7.10. The minimum Gasteiger partial charge on any atom is -0.351 e. The Morgan fingerprint density at radius 2 is 2.83 bits per heavy atom. The molecule has 1 rings (SSSR count). The number of carbonyl (C=O) groups excluding carboxylic acids is 1. The van der Waals surface area contributed by atoms with E-state index in [-0.39, 0.29) is 6.04 Å². The number of nitrogens with zero attached hydrogens (tertiary/aromatic N) is 2. The van der Waals surface area contributed by atoms with E-state index in [4.69, 9.17) is 6.63 Å². The molecule has 0 aliphatic rings. The summed E-state index contributed by atoms with van der Waals surface area (Å²) in [6.45, 7) is 1.71. The minimum atomic E-state index is -0.848. The molecule has 12 heavy (non-hydrogen) atoms. The standard InChI is InChI=1S/C7H7N3OS/c1-5(9-4-11)6-3-12-7(2-8)10-6/h3-5H,1H3,(H,9,11)/i4D. The molecule has 0 fully saturated rings. The average Bonchev–Trinajstić information content (AvgIpc) is 2.50. The van der Waals surface area contributed by atoms with Gasteiger partial charge in [-0.3, -0.25) is 4.79 Å². The second-order valence-electron chi connectivity index (χ2n) is 2.16. The van der Waals surface area contributed by atoms with E-state index in [0.717, 1.165) is 0 Å². The maximum absolute atomic E-state index is 10.4. The Kier molecular flexibility index (Phi) is 2.32. The lowest BCUT2D eigenvalue weighted by molar-refractivity contribution is -0.110. The van der Waals surface area contributed by atoms with Crippen molar-refractivity contribution in [2.75, 3.05) is 0 Å². The van der Waals surface area contributed by atoms with E-state index in [2.05, 4.69) is 10.3 Å². The van der Waals surface area contributed by atoms with E-state index < -0.39 is 6.39 Å². The second-order valence-corrected chi connectivity index (χ2v) is 3.02. The van der Waals surface area contributed by atoms with Crippen molar-refractivity contribution in [3.63, 3.8) is 0 Å². The number of nitriles is 1. The molecule has 0 spiro atoms. The van der Waals surface area contributed by atoms with Gasteiger partial charge in [-0.25, -0.2) is 4.98 Å². The molecule has 62 valence electrons. The van der Waals surface area contributed by atoms with Crippen molar-refractivity contribution < 1.29 is 6.17 Å². The maximum atomic E-state index is 10.4. The summed E-state index contributed by atoms with van der Waals surface area (Å²) in [5.74, 6) is 0. The highest BCUT2D eigenvalue weighted by atomic mass is 32.1. The molecule has 1 aromatic rings. The van der Waals surface area contributed by atoms with Gasteiger partial charge in [-0.05, 0) is 6.92 Å². The zero-order valence-corrected chi connectivity index (χ0v) is 7.18. The summed E-state index contributed by atoms with van der Waals surface area (Å²) in [5, 5.41) is 12.9. The van der Waals surface area contributed by atoms with Crippen LogP contribution in [0, 0.1) is 11.3 Å². The third kappa shape index (κ3) is 1.80. The van der Waals surface area contributed by atoms with Crippen LogP contribution in [-0.4, -0.2) is 11.4 Å². The van der Waals surface area contributed by atoms with Crippen molar-refractivity contribution in [3.8, 4) is 6.07 Å². The van der Waals surface area contributed by atoms with Gasteiger partial charge in [-0.15, -0.1) is 11.3 Å². The van der Waals surface area contributed by atoms with Gasteiger partial charge in [0.1, 0.15) is 7.44 Å². The molecule has 5 heteroatoms. The van der Waals surface area contributed by atoms with Gasteiger partial charge < -0.3 is 5.32 Å². The van der Waals surface area contributed by atoms with Crippen molar-refractivity contribution in [2.24, 2.45) is 0 Å². The fourth-order valence-corrected chi connectivity index (χ4v) is 1.40. The molecular formula is C7H7N3OS. The molecule has 1 amide bonds. The summed E-state index contributed by atoms with van der Waals surface area (Å²) in [7, 11) is 0. The van der Waals surface area contributed by atoms with Crippen LogP contribution in [0.4, 0.5) is 0 Å². The minimum absolute atomic E-state index is 0.316. The van der Waals surface area contributed by atoms with E-state index in [1.807, 2.05) is 6.07 Å². The number of hydrogen-bond donors (Lipinski definition) is 1. The van der Waals surface area contributed by atoms with E-state index in [0.29, 0.717) is 10.7 Å². The van der Waals surface area contributed by atoms with Gasteiger partial charge in [0.15, 0.2) is 5.01 Å². The molecule has 0 aliphatic heterocycles. The fraction of sp³-hybridized carbons (Fsp3) is 0.286. The van der Waals surface area contributed by atoms with Gasteiger partial charge in [-0.1, -0.05) is 0 Å².